The number of hydrogen-bond acceptors (Lipinski definition) is 4. The van der Waals surface area contributed by atoms with Crippen molar-refractivity contribution >= 4 is 17.3 Å². The molecule has 0 amide bonds. The summed E-state index contributed by atoms with van der Waals surface area (Å²) in [5.74, 6) is -0.313. The molecule has 0 radical (unpaired) electrons. The molecule has 1 saturated heterocycles. The molecule has 1 aromatic rings. The van der Waals surface area contributed by atoms with E-state index in [0.29, 0.717) is 23.9 Å². The van der Waals surface area contributed by atoms with Crippen LogP contribution in [0.5, 0.6) is 0 Å². The molecule has 0 saturated carbocycles. The van der Waals surface area contributed by atoms with Gasteiger partial charge in [-0.25, -0.2) is 4.79 Å². The summed E-state index contributed by atoms with van der Waals surface area (Å²) in [6.45, 7) is 5.43. The summed E-state index contributed by atoms with van der Waals surface area (Å²) in [6.07, 6.45) is 3.67. The molecule has 2 N–H and O–H groups in total. The van der Waals surface area contributed by atoms with E-state index < -0.39 is 0 Å². The van der Waals surface area contributed by atoms with Crippen LogP contribution in [0, 0.1) is 0 Å². The first kappa shape index (κ1) is 13.7. The predicted molar refractivity (Wildman–Crippen MR) is 77.5 cm³/mol. The fourth-order valence-corrected chi connectivity index (χ4v) is 2.61. The van der Waals surface area contributed by atoms with Crippen molar-refractivity contribution in [3.8, 4) is 0 Å². The van der Waals surface area contributed by atoms with E-state index >= 15 is 0 Å². The maximum Gasteiger partial charge on any atom is 0.338 e. The highest BCUT2D eigenvalue weighted by Crippen LogP contribution is 2.30. The van der Waals surface area contributed by atoms with Gasteiger partial charge in [-0.3, -0.25) is 0 Å². The molecule has 104 valence electrons. The number of carbonyl (C=O) groups is 1. The number of anilines is 2. The Morgan fingerprint density at radius 3 is 2.89 bits per heavy atom. The van der Waals surface area contributed by atoms with Crippen LogP contribution >= 0.6 is 0 Å². The number of nitrogen functional groups attached to an aromatic ring is 1. The van der Waals surface area contributed by atoms with Gasteiger partial charge in [-0.05, 0) is 51.3 Å². The van der Waals surface area contributed by atoms with Crippen LogP contribution in [0.3, 0.4) is 0 Å². The van der Waals surface area contributed by atoms with Gasteiger partial charge in [-0.1, -0.05) is 0 Å². The van der Waals surface area contributed by atoms with Gasteiger partial charge in [-0.15, -0.1) is 0 Å². The molecule has 0 spiro atoms. The number of carbonyl (C=O) groups excluding carboxylic acids is 1. The molecule has 1 aliphatic heterocycles. The van der Waals surface area contributed by atoms with Crippen molar-refractivity contribution in [3.05, 3.63) is 23.8 Å². The first-order chi connectivity index (χ1) is 9.13. The van der Waals surface area contributed by atoms with Crippen LogP contribution in [0.25, 0.3) is 0 Å². The van der Waals surface area contributed by atoms with E-state index in [-0.39, 0.29) is 5.97 Å². The van der Waals surface area contributed by atoms with Gasteiger partial charge in [0.1, 0.15) is 0 Å². The van der Waals surface area contributed by atoms with E-state index in [1.54, 1.807) is 19.1 Å². The molecule has 1 fully saturated rings. The Labute approximate surface area is 114 Å². The van der Waals surface area contributed by atoms with Crippen LogP contribution in [0.15, 0.2) is 18.2 Å². The lowest BCUT2D eigenvalue weighted by Gasteiger charge is -2.36. The third-order valence-corrected chi connectivity index (χ3v) is 3.65. The van der Waals surface area contributed by atoms with Crippen LogP contribution in [0.4, 0.5) is 11.4 Å². The average molecular weight is 262 g/mol. The van der Waals surface area contributed by atoms with Gasteiger partial charge < -0.3 is 15.4 Å². The molecule has 2 rings (SSSR count). The van der Waals surface area contributed by atoms with Crippen molar-refractivity contribution in [3.63, 3.8) is 0 Å². The highest BCUT2D eigenvalue weighted by Gasteiger charge is 2.21. The minimum absolute atomic E-state index is 0.313. The van der Waals surface area contributed by atoms with E-state index in [4.69, 9.17) is 10.5 Å². The second-order valence-electron chi connectivity index (χ2n) is 5.03. The summed E-state index contributed by atoms with van der Waals surface area (Å²) in [5.41, 5.74) is 8.30. The summed E-state index contributed by atoms with van der Waals surface area (Å²) < 4.78 is 4.98. The molecule has 0 aliphatic carbocycles. The molecule has 1 aromatic carbocycles. The normalized spacial score (nSPS) is 19.3. The Bertz CT molecular complexity index is 459. The zero-order chi connectivity index (χ0) is 13.8. The van der Waals surface area contributed by atoms with Gasteiger partial charge in [0, 0.05) is 12.6 Å². The summed E-state index contributed by atoms with van der Waals surface area (Å²) in [6, 6.07) is 5.95. The zero-order valence-electron chi connectivity index (χ0n) is 11.7. The number of nitrogens with two attached hydrogens (primary N) is 1. The van der Waals surface area contributed by atoms with Gasteiger partial charge in [-0.2, -0.15) is 0 Å². The van der Waals surface area contributed by atoms with Crippen LogP contribution in [0.2, 0.25) is 0 Å². The van der Waals surface area contributed by atoms with Crippen LogP contribution < -0.4 is 10.6 Å². The maximum atomic E-state index is 11.7. The molecular formula is C15H22N2O2. The van der Waals surface area contributed by atoms with Crippen molar-refractivity contribution < 1.29 is 9.53 Å². The summed E-state index contributed by atoms with van der Waals surface area (Å²) >= 11 is 0. The minimum Gasteiger partial charge on any atom is -0.462 e. The first-order valence-corrected chi connectivity index (χ1v) is 6.96. The third kappa shape index (κ3) is 3.00. The lowest BCUT2D eigenvalue weighted by Crippen LogP contribution is -2.37. The van der Waals surface area contributed by atoms with E-state index in [9.17, 15) is 4.79 Å². The first-order valence-electron chi connectivity index (χ1n) is 6.96. The van der Waals surface area contributed by atoms with Crippen molar-refractivity contribution in [2.75, 3.05) is 23.8 Å². The molecule has 0 unspecified atom stereocenters. The third-order valence-electron chi connectivity index (χ3n) is 3.65. The van der Waals surface area contributed by atoms with E-state index in [0.717, 1.165) is 12.2 Å². The van der Waals surface area contributed by atoms with Gasteiger partial charge in [0.05, 0.1) is 23.5 Å². The summed E-state index contributed by atoms with van der Waals surface area (Å²) in [4.78, 5) is 14.0. The fraction of sp³-hybridized carbons (Fsp3) is 0.533. The van der Waals surface area contributed by atoms with Gasteiger partial charge in [0.25, 0.3) is 0 Å². The van der Waals surface area contributed by atoms with E-state index in [1.165, 1.54) is 19.3 Å². The monoisotopic (exact) mass is 262 g/mol. The highest BCUT2D eigenvalue weighted by molar-refractivity contribution is 5.92. The molecule has 0 bridgehead atoms. The molecule has 1 heterocycles. The van der Waals surface area contributed by atoms with Crippen molar-refractivity contribution in [2.24, 2.45) is 0 Å². The standard InChI is InChI=1S/C15H22N2O2/c1-3-19-15(18)12-7-8-14(13(16)10-12)17-9-5-4-6-11(17)2/h7-8,10-11H,3-6,9,16H2,1-2H3/t11-/m1/s1. The van der Waals surface area contributed by atoms with Crippen molar-refractivity contribution in [2.45, 2.75) is 39.2 Å². The quantitative estimate of drug-likeness (QED) is 0.672. The van der Waals surface area contributed by atoms with Gasteiger partial charge >= 0.3 is 5.97 Å². The number of piperidine rings is 1. The zero-order valence-corrected chi connectivity index (χ0v) is 11.7. The Morgan fingerprint density at radius 1 is 1.47 bits per heavy atom. The number of rotatable bonds is 3. The molecule has 4 nitrogen and oxygen atoms in total. The Morgan fingerprint density at radius 2 is 2.26 bits per heavy atom. The Kier molecular flexibility index (Phi) is 4.30. The second-order valence-corrected chi connectivity index (χ2v) is 5.03. The number of hydrogen-bond donors (Lipinski definition) is 1. The topological polar surface area (TPSA) is 55.6 Å². The van der Waals surface area contributed by atoms with Crippen LogP contribution in [-0.4, -0.2) is 25.2 Å². The Balaban J connectivity index is 2.21. The highest BCUT2D eigenvalue weighted by atomic mass is 16.5. The SMILES string of the molecule is CCOC(=O)c1ccc(N2CCCC[C@H]2C)c(N)c1. The van der Waals surface area contributed by atoms with Crippen LogP contribution in [-0.2, 0) is 4.74 Å². The molecular weight excluding hydrogens is 240 g/mol. The molecule has 4 heteroatoms. The van der Waals surface area contributed by atoms with E-state index in [1.807, 2.05) is 6.07 Å². The molecule has 1 aliphatic rings. The summed E-state index contributed by atoms with van der Waals surface area (Å²) in [5, 5.41) is 0. The number of nitrogens with zero attached hydrogens (tertiary/aromatic N) is 1. The van der Waals surface area contributed by atoms with Gasteiger partial charge in [0.15, 0.2) is 0 Å². The van der Waals surface area contributed by atoms with Crippen molar-refractivity contribution in [1.29, 1.82) is 0 Å². The molecule has 19 heavy (non-hydrogen) atoms. The number of benzene rings is 1. The Hall–Kier alpha value is -1.71. The lowest BCUT2D eigenvalue weighted by molar-refractivity contribution is 0.0526. The lowest BCUT2D eigenvalue weighted by atomic mass is 10.0. The van der Waals surface area contributed by atoms with Gasteiger partial charge in [0.2, 0.25) is 0 Å². The average Bonchev–Trinajstić information content (AvgIpc) is 2.40. The molecule has 1 atom stereocenters. The van der Waals surface area contributed by atoms with Crippen LogP contribution in [0.1, 0.15) is 43.5 Å². The maximum absolute atomic E-state index is 11.7. The number of esters is 1. The summed E-state index contributed by atoms with van der Waals surface area (Å²) in [7, 11) is 0. The largest absolute Gasteiger partial charge is 0.462 e. The second kappa shape index (κ2) is 5.95. The smallest absolute Gasteiger partial charge is 0.338 e. The minimum atomic E-state index is -0.313. The molecule has 0 aromatic heterocycles. The fourth-order valence-electron chi connectivity index (χ4n) is 2.61. The predicted octanol–water partition coefficient (Wildman–Crippen LogP) is 2.82. The van der Waals surface area contributed by atoms with Crippen molar-refractivity contribution in [1.82, 2.24) is 0 Å². The number of ether oxygens (including phenoxy) is 1. The van der Waals surface area contributed by atoms with E-state index in [2.05, 4.69) is 11.8 Å².